The third kappa shape index (κ3) is 5.03. The Hall–Kier alpha value is -4.16. The van der Waals surface area contributed by atoms with Crippen molar-refractivity contribution < 1.29 is 19.1 Å². The van der Waals surface area contributed by atoms with Gasteiger partial charge >= 0.3 is 0 Å². The Kier molecular flexibility index (Phi) is 6.46. The summed E-state index contributed by atoms with van der Waals surface area (Å²) in [4.78, 5) is 39.0. The second-order valence-corrected chi connectivity index (χ2v) is 9.05. The van der Waals surface area contributed by atoms with Gasteiger partial charge in [-0.1, -0.05) is 84.9 Å². The molecule has 0 atom stereocenters. The zero-order valence-electron chi connectivity index (χ0n) is 18.7. The van der Waals surface area contributed by atoms with Gasteiger partial charge < -0.3 is 4.74 Å². The number of hydrogen-bond acceptors (Lipinski definition) is 5. The predicted octanol–water partition coefficient (Wildman–Crippen LogP) is 6.34. The average Bonchev–Trinajstić information content (AvgIpc) is 3.15. The van der Waals surface area contributed by atoms with Crippen molar-refractivity contribution in [3.63, 3.8) is 0 Å². The van der Waals surface area contributed by atoms with E-state index >= 15 is 0 Å². The van der Waals surface area contributed by atoms with Crippen molar-refractivity contribution in [1.29, 1.82) is 0 Å². The summed E-state index contributed by atoms with van der Waals surface area (Å²) in [5.74, 6) is -0.0884. The van der Waals surface area contributed by atoms with Crippen LogP contribution in [-0.2, 0) is 11.4 Å². The van der Waals surface area contributed by atoms with Gasteiger partial charge in [-0.25, -0.2) is 0 Å². The van der Waals surface area contributed by atoms with Crippen LogP contribution in [0.4, 0.5) is 4.79 Å². The fourth-order valence-electron chi connectivity index (χ4n) is 3.92. The van der Waals surface area contributed by atoms with Crippen LogP contribution >= 0.6 is 11.8 Å². The molecule has 2 amide bonds. The van der Waals surface area contributed by atoms with E-state index in [9.17, 15) is 14.4 Å². The Morgan fingerprint density at radius 3 is 2.46 bits per heavy atom. The smallest absolute Gasteiger partial charge is 0.293 e. The van der Waals surface area contributed by atoms with Crippen molar-refractivity contribution in [1.82, 2.24) is 4.90 Å². The first-order valence-electron chi connectivity index (χ1n) is 11.1. The van der Waals surface area contributed by atoms with Gasteiger partial charge in [0.25, 0.3) is 11.1 Å². The van der Waals surface area contributed by atoms with Crippen LogP contribution in [0.3, 0.4) is 0 Å². The molecule has 0 aromatic heterocycles. The molecule has 35 heavy (non-hydrogen) atoms. The summed E-state index contributed by atoms with van der Waals surface area (Å²) in [5.41, 5.74) is 2.28. The first-order chi connectivity index (χ1) is 17.1. The summed E-state index contributed by atoms with van der Waals surface area (Å²) < 4.78 is 6.03. The van der Waals surface area contributed by atoms with E-state index in [4.69, 9.17) is 4.74 Å². The number of thioether (sulfide) groups is 1. The van der Waals surface area contributed by atoms with Crippen LogP contribution < -0.4 is 4.74 Å². The second-order valence-electron chi connectivity index (χ2n) is 8.06. The largest absolute Gasteiger partial charge is 0.489 e. The predicted molar refractivity (Wildman–Crippen MR) is 138 cm³/mol. The van der Waals surface area contributed by atoms with Gasteiger partial charge in [-0.15, -0.1) is 0 Å². The standard InChI is InChI=1S/C29H21NO4S/c31-26(22-10-2-1-3-11-22)18-30-28(32)27(35-29(30)33)17-20-8-6-14-24(16-20)34-19-23-13-7-12-21-9-4-5-15-25(21)23/h1-17H,18-19H2/b27-17+. The number of carbonyl (C=O) groups is 3. The lowest BCUT2D eigenvalue weighted by Crippen LogP contribution is -2.33. The molecule has 5 nitrogen and oxygen atoms in total. The van der Waals surface area contributed by atoms with Gasteiger partial charge in [0, 0.05) is 5.56 Å². The van der Waals surface area contributed by atoms with Crippen molar-refractivity contribution in [2.45, 2.75) is 6.61 Å². The van der Waals surface area contributed by atoms with Crippen LogP contribution in [0.25, 0.3) is 16.8 Å². The fourth-order valence-corrected chi connectivity index (χ4v) is 4.76. The Morgan fingerprint density at radius 2 is 1.60 bits per heavy atom. The van der Waals surface area contributed by atoms with E-state index in [1.54, 1.807) is 36.4 Å². The van der Waals surface area contributed by atoms with Gasteiger partial charge in [0.15, 0.2) is 5.78 Å². The van der Waals surface area contributed by atoms with Gasteiger partial charge in [-0.05, 0) is 51.9 Å². The number of fused-ring (bicyclic) bond motifs is 1. The van der Waals surface area contributed by atoms with Crippen molar-refractivity contribution in [2.75, 3.05) is 6.54 Å². The maximum atomic E-state index is 12.8. The first-order valence-corrected chi connectivity index (χ1v) is 11.9. The molecule has 1 fully saturated rings. The summed E-state index contributed by atoms with van der Waals surface area (Å²) in [6, 6.07) is 30.3. The molecular weight excluding hydrogens is 458 g/mol. The number of rotatable bonds is 7. The lowest BCUT2D eigenvalue weighted by atomic mass is 10.1. The molecule has 0 spiro atoms. The molecule has 1 aliphatic rings. The third-order valence-electron chi connectivity index (χ3n) is 5.70. The summed E-state index contributed by atoms with van der Waals surface area (Å²) in [6.07, 6.45) is 1.66. The van der Waals surface area contributed by atoms with Gasteiger partial charge in [0.2, 0.25) is 0 Å². The normalized spacial score (nSPS) is 14.6. The number of Topliss-reactive ketones (excluding diaryl/α,β-unsaturated/α-hetero) is 1. The zero-order valence-corrected chi connectivity index (χ0v) is 19.5. The van der Waals surface area contributed by atoms with Crippen LogP contribution in [0.1, 0.15) is 21.5 Å². The van der Waals surface area contributed by atoms with Crippen LogP contribution in [0.5, 0.6) is 5.75 Å². The number of carbonyl (C=O) groups excluding carboxylic acids is 3. The van der Waals surface area contributed by atoms with E-state index in [1.165, 1.54) is 0 Å². The molecule has 6 heteroatoms. The van der Waals surface area contributed by atoms with Crippen LogP contribution in [-0.4, -0.2) is 28.4 Å². The molecule has 0 unspecified atom stereocenters. The number of amides is 2. The van der Waals surface area contributed by atoms with Gasteiger partial charge in [0.05, 0.1) is 11.4 Å². The lowest BCUT2D eigenvalue weighted by Gasteiger charge is -2.11. The molecule has 0 radical (unpaired) electrons. The summed E-state index contributed by atoms with van der Waals surface area (Å²) in [7, 11) is 0. The maximum Gasteiger partial charge on any atom is 0.293 e. The van der Waals surface area contributed by atoms with Crippen LogP contribution in [0, 0.1) is 0 Å². The Labute approximate surface area is 207 Å². The van der Waals surface area contributed by atoms with Crippen LogP contribution in [0.2, 0.25) is 0 Å². The third-order valence-corrected chi connectivity index (χ3v) is 6.61. The second kappa shape index (κ2) is 9.99. The maximum absolute atomic E-state index is 12.8. The van der Waals surface area contributed by atoms with Crippen LogP contribution in [0.15, 0.2) is 102 Å². The van der Waals surface area contributed by atoms with Crippen molar-refractivity contribution >= 4 is 45.5 Å². The molecule has 1 saturated heterocycles. The zero-order chi connectivity index (χ0) is 24.2. The Bertz CT molecular complexity index is 1460. The molecule has 0 saturated carbocycles. The van der Waals surface area contributed by atoms with E-state index < -0.39 is 11.1 Å². The topological polar surface area (TPSA) is 63.7 Å². The molecule has 4 aromatic carbocycles. The molecule has 5 rings (SSSR count). The fraction of sp³-hybridized carbons (Fsp3) is 0.0690. The number of hydrogen-bond donors (Lipinski definition) is 0. The summed E-state index contributed by atoms with van der Waals surface area (Å²) >= 11 is 0.837. The van der Waals surface area contributed by atoms with Gasteiger partial charge in [-0.2, -0.15) is 0 Å². The highest BCUT2D eigenvalue weighted by Crippen LogP contribution is 2.33. The molecule has 172 valence electrons. The Balaban J connectivity index is 1.29. The number of nitrogens with zero attached hydrogens (tertiary/aromatic N) is 1. The van der Waals surface area contributed by atoms with Crippen molar-refractivity contribution in [2.24, 2.45) is 0 Å². The minimum absolute atomic E-state index is 0.278. The van der Waals surface area contributed by atoms with E-state index in [2.05, 4.69) is 18.2 Å². The SMILES string of the molecule is O=C(CN1C(=O)S/C(=C/c2cccc(OCc3cccc4ccccc34)c2)C1=O)c1ccccc1. The monoisotopic (exact) mass is 479 g/mol. The number of imide groups is 1. The highest BCUT2D eigenvalue weighted by Gasteiger charge is 2.36. The lowest BCUT2D eigenvalue weighted by molar-refractivity contribution is -0.122. The molecule has 0 N–H and O–H groups in total. The van der Waals surface area contributed by atoms with Gasteiger partial charge in [0.1, 0.15) is 12.4 Å². The molecular formula is C29H21NO4S. The quantitative estimate of drug-likeness (QED) is 0.229. The van der Waals surface area contributed by atoms with Crippen molar-refractivity contribution in [3.05, 3.63) is 119 Å². The first kappa shape index (κ1) is 22.6. The van der Waals surface area contributed by atoms with E-state index in [0.29, 0.717) is 17.9 Å². The highest BCUT2D eigenvalue weighted by atomic mass is 32.2. The number of ether oxygens (including phenoxy) is 1. The summed E-state index contributed by atoms with van der Waals surface area (Å²) in [5, 5.41) is 1.85. The highest BCUT2D eigenvalue weighted by molar-refractivity contribution is 8.18. The minimum atomic E-state index is -0.466. The Morgan fingerprint density at radius 1 is 0.857 bits per heavy atom. The molecule has 0 bridgehead atoms. The number of ketones is 1. The molecule has 1 aliphatic heterocycles. The minimum Gasteiger partial charge on any atom is -0.489 e. The van der Waals surface area contributed by atoms with Crippen molar-refractivity contribution in [3.8, 4) is 5.75 Å². The average molecular weight is 480 g/mol. The van der Waals surface area contributed by atoms with Gasteiger partial charge in [-0.3, -0.25) is 19.3 Å². The molecule has 1 heterocycles. The number of benzene rings is 4. The van der Waals surface area contributed by atoms with E-state index in [1.807, 2.05) is 48.5 Å². The molecule has 0 aliphatic carbocycles. The van der Waals surface area contributed by atoms with E-state index in [0.717, 1.165) is 38.6 Å². The van der Waals surface area contributed by atoms with E-state index in [-0.39, 0.29) is 17.2 Å². The summed E-state index contributed by atoms with van der Waals surface area (Å²) in [6.45, 7) is 0.128. The molecule has 4 aromatic rings.